The number of fused-ring (bicyclic) bond motifs is 1. The highest BCUT2D eigenvalue weighted by Crippen LogP contribution is 2.34. The number of carbonyl (C=O) groups is 2. The number of carboxylic acid groups (broad SMARTS) is 1. The van der Waals surface area contributed by atoms with Gasteiger partial charge in [0.05, 0.1) is 5.92 Å². The van der Waals surface area contributed by atoms with Crippen molar-refractivity contribution in [2.75, 3.05) is 19.6 Å². The molecule has 0 radical (unpaired) electrons. The predicted octanol–water partition coefficient (Wildman–Crippen LogP) is 1.83. The molecule has 0 aromatic heterocycles. The number of urea groups is 1. The molecule has 5 nitrogen and oxygen atoms in total. The Kier molecular flexibility index (Phi) is 3.82. The van der Waals surface area contributed by atoms with E-state index in [1.165, 1.54) is 11.1 Å². The van der Waals surface area contributed by atoms with Crippen LogP contribution in [0.25, 0.3) is 0 Å². The van der Waals surface area contributed by atoms with E-state index >= 15 is 0 Å². The zero-order valence-electron chi connectivity index (χ0n) is 11.9. The maximum atomic E-state index is 12.1. The third kappa shape index (κ3) is 2.86. The highest BCUT2D eigenvalue weighted by molar-refractivity contribution is 5.76. The number of benzene rings is 1. The molecular formula is C16H20N2O3. The highest BCUT2D eigenvalue weighted by atomic mass is 16.4. The van der Waals surface area contributed by atoms with Crippen LogP contribution in [0.5, 0.6) is 0 Å². The molecule has 1 aromatic rings. The summed E-state index contributed by atoms with van der Waals surface area (Å²) in [4.78, 5) is 24.8. The minimum Gasteiger partial charge on any atom is -0.481 e. The second kappa shape index (κ2) is 5.76. The Bertz CT molecular complexity index is 558. The largest absolute Gasteiger partial charge is 0.481 e. The number of piperidine rings is 1. The van der Waals surface area contributed by atoms with E-state index in [0.29, 0.717) is 32.0 Å². The molecule has 2 aliphatic rings. The van der Waals surface area contributed by atoms with Crippen LogP contribution in [-0.2, 0) is 11.2 Å². The van der Waals surface area contributed by atoms with Gasteiger partial charge in [-0.15, -0.1) is 0 Å². The first-order valence-electron chi connectivity index (χ1n) is 7.48. The third-order valence-corrected chi connectivity index (χ3v) is 4.52. The predicted molar refractivity (Wildman–Crippen MR) is 78.2 cm³/mol. The number of rotatable bonds is 3. The fraction of sp³-hybridized carbons (Fsp3) is 0.500. The van der Waals surface area contributed by atoms with Crippen molar-refractivity contribution < 1.29 is 14.7 Å². The fourth-order valence-electron chi connectivity index (χ4n) is 3.23. The first kappa shape index (κ1) is 13.9. The molecule has 0 bridgehead atoms. The van der Waals surface area contributed by atoms with Crippen LogP contribution in [0.2, 0.25) is 0 Å². The quantitative estimate of drug-likeness (QED) is 0.891. The SMILES string of the molecule is O=C(O)C1CCCN(C(=O)NCC2Cc3ccccc32)C1. The topological polar surface area (TPSA) is 69.6 Å². The van der Waals surface area contributed by atoms with Gasteiger partial charge in [-0.05, 0) is 30.4 Å². The van der Waals surface area contributed by atoms with E-state index in [1.54, 1.807) is 4.90 Å². The van der Waals surface area contributed by atoms with Crippen LogP contribution >= 0.6 is 0 Å². The molecular weight excluding hydrogens is 268 g/mol. The van der Waals surface area contributed by atoms with Crippen molar-refractivity contribution in [3.63, 3.8) is 0 Å². The van der Waals surface area contributed by atoms with Crippen molar-refractivity contribution in [2.24, 2.45) is 5.92 Å². The summed E-state index contributed by atoms with van der Waals surface area (Å²) in [6.07, 6.45) is 2.43. The van der Waals surface area contributed by atoms with E-state index in [0.717, 1.165) is 12.8 Å². The molecule has 3 rings (SSSR count). The van der Waals surface area contributed by atoms with Gasteiger partial charge in [0, 0.05) is 25.6 Å². The summed E-state index contributed by atoms with van der Waals surface area (Å²) < 4.78 is 0. The van der Waals surface area contributed by atoms with Gasteiger partial charge < -0.3 is 15.3 Å². The summed E-state index contributed by atoms with van der Waals surface area (Å²) in [7, 11) is 0. The average molecular weight is 288 g/mol. The molecule has 2 N–H and O–H groups in total. The molecule has 0 spiro atoms. The van der Waals surface area contributed by atoms with Crippen molar-refractivity contribution in [1.82, 2.24) is 10.2 Å². The lowest BCUT2D eigenvalue weighted by molar-refractivity contribution is -0.143. The molecule has 5 heteroatoms. The maximum absolute atomic E-state index is 12.1. The minimum absolute atomic E-state index is 0.134. The minimum atomic E-state index is -0.805. The van der Waals surface area contributed by atoms with Gasteiger partial charge in [-0.25, -0.2) is 4.79 Å². The van der Waals surface area contributed by atoms with Gasteiger partial charge in [-0.2, -0.15) is 0 Å². The van der Waals surface area contributed by atoms with Crippen molar-refractivity contribution in [1.29, 1.82) is 0 Å². The second-order valence-electron chi connectivity index (χ2n) is 5.91. The normalized spacial score (nSPS) is 23.9. The number of hydrogen-bond donors (Lipinski definition) is 2. The first-order valence-corrected chi connectivity index (χ1v) is 7.48. The summed E-state index contributed by atoms with van der Waals surface area (Å²) in [6.45, 7) is 1.60. The summed E-state index contributed by atoms with van der Waals surface area (Å²) in [5, 5.41) is 12.0. The summed E-state index contributed by atoms with van der Waals surface area (Å²) in [5.74, 6) is -0.834. The van der Waals surface area contributed by atoms with Gasteiger partial charge in [0.15, 0.2) is 0 Å². The summed E-state index contributed by atoms with van der Waals surface area (Å²) >= 11 is 0. The maximum Gasteiger partial charge on any atom is 0.317 e. The Morgan fingerprint density at radius 2 is 2.14 bits per heavy atom. The molecule has 2 amide bonds. The van der Waals surface area contributed by atoms with Crippen LogP contribution in [0, 0.1) is 5.92 Å². The third-order valence-electron chi connectivity index (χ3n) is 4.52. The molecule has 1 aliphatic heterocycles. The summed E-state index contributed by atoms with van der Waals surface area (Å²) in [6, 6.07) is 8.15. The molecule has 2 atom stereocenters. The van der Waals surface area contributed by atoms with Gasteiger partial charge >= 0.3 is 12.0 Å². The van der Waals surface area contributed by atoms with Gasteiger partial charge in [0.25, 0.3) is 0 Å². The number of carbonyl (C=O) groups excluding carboxylic acids is 1. The lowest BCUT2D eigenvalue weighted by atomic mass is 9.78. The Hall–Kier alpha value is -2.04. The number of amides is 2. The molecule has 1 fully saturated rings. The summed E-state index contributed by atoms with van der Waals surface area (Å²) in [5.41, 5.74) is 2.68. The molecule has 1 aromatic carbocycles. The average Bonchev–Trinajstić information content (AvgIpc) is 2.48. The van der Waals surface area contributed by atoms with Crippen molar-refractivity contribution >= 4 is 12.0 Å². The Labute approximate surface area is 123 Å². The van der Waals surface area contributed by atoms with Crippen LogP contribution in [0.3, 0.4) is 0 Å². The van der Waals surface area contributed by atoms with Gasteiger partial charge in [-0.3, -0.25) is 4.79 Å². The number of nitrogens with one attached hydrogen (secondary N) is 1. The van der Waals surface area contributed by atoms with Crippen LogP contribution < -0.4 is 5.32 Å². The number of carboxylic acids is 1. The van der Waals surface area contributed by atoms with E-state index in [2.05, 4.69) is 17.4 Å². The Balaban J connectivity index is 1.50. The smallest absolute Gasteiger partial charge is 0.317 e. The molecule has 1 aliphatic carbocycles. The number of likely N-dealkylation sites (tertiary alicyclic amines) is 1. The van der Waals surface area contributed by atoms with Crippen LogP contribution in [0.15, 0.2) is 24.3 Å². The van der Waals surface area contributed by atoms with Gasteiger partial charge in [0.1, 0.15) is 0 Å². The number of aliphatic carboxylic acids is 1. The monoisotopic (exact) mass is 288 g/mol. The van der Waals surface area contributed by atoms with Gasteiger partial charge in [0.2, 0.25) is 0 Å². The zero-order valence-corrected chi connectivity index (χ0v) is 11.9. The molecule has 2 unspecified atom stereocenters. The zero-order chi connectivity index (χ0) is 14.8. The Morgan fingerprint density at radius 1 is 1.33 bits per heavy atom. The van der Waals surface area contributed by atoms with E-state index in [9.17, 15) is 9.59 Å². The lowest BCUT2D eigenvalue weighted by Crippen LogP contribution is -2.48. The van der Waals surface area contributed by atoms with Crippen LogP contribution in [0.4, 0.5) is 4.79 Å². The van der Waals surface area contributed by atoms with E-state index in [4.69, 9.17) is 5.11 Å². The Morgan fingerprint density at radius 3 is 2.90 bits per heavy atom. The van der Waals surface area contributed by atoms with Crippen LogP contribution in [-0.4, -0.2) is 41.6 Å². The van der Waals surface area contributed by atoms with Crippen LogP contribution in [0.1, 0.15) is 29.9 Å². The highest BCUT2D eigenvalue weighted by Gasteiger charge is 2.30. The van der Waals surface area contributed by atoms with E-state index in [1.807, 2.05) is 12.1 Å². The van der Waals surface area contributed by atoms with Crippen molar-refractivity contribution in [3.05, 3.63) is 35.4 Å². The standard InChI is InChI=1S/C16H20N2O3/c19-15(20)12-5-3-7-18(10-12)16(21)17-9-13-8-11-4-1-2-6-14(11)13/h1-2,4,6,12-13H,3,5,7-10H2,(H,17,21)(H,19,20). The second-order valence-corrected chi connectivity index (χ2v) is 5.91. The molecule has 0 saturated carbocycles. The van der Waals surface area contributed by atoms with Crippen molar-refractivity contribution in [3.8, 4) is 0 Å². The van der Waals surface area contributed by atoms with Gasteiger partial charge in [-0.1, -0.05) is 24.3 Å². The lowest BCUT2D eigenvalue weighted by Gasteiger charge is -2.33. The molecule has 1 saturated heterocycles. The fourth-order valence-corrected chi connectivity index (χ4v) is 3.23. The molecule has 21 heavy (non-hydrogen) atoms. The molecule has 112 valence electrons. The first-order chi connectivity index (χ1) is 10.1. The number of hydrogen-bond acceptors (Lipinski definition) is 2. The van der Waals surface area contributed by atoms with E-state index < -0.39 is 11.9 Å². The number of nitrogens with zero attached hydrogens (tertiary/aromatic N) is 1. The van der Waals surface area contributed by atoms with E-state index in [-0.39, 0.29) is 6.03 Å². The molecule has 1 heterocycles. The van der Waals surface area contributed by atoms with Crippen molar-refractivity contribution in [2.45, 2.75) is 25.2 Å².